The minimum Gasteiger partial charge on any atom is -0.299 e. The molecule has 0 radical (unpaired) electrons. The highest BCUT2D eigenvalue weighted by molar-refractivity contribution is 5.81. The first-order chi connectivity index (χ1) is 6.47. The van der Waals surface area contributed by atoms with Crippen LogP contribution in [0.4, 0.5) is 0 Å². The van der Waals surface area contributed by atoms with Crippen molar-refractivity contribution in [2.24, 2.45) is 5.41 Å². The molecule has 14 heavy (non-hydrogen) atoms. The molecule has 0 fully saturated rings. The molecule has 0 aromatic heterocycles. The van der Waals surface area contributed by atoms with E-state index in [-0.39, 0.29) is 5.41 Å². The Hall–Kier alpha value is -0.850. The average Bonchev–Trinajstić information content (AvgIpc) is 2.11. The summed E-state index contributed by atoms with van der Waals surface area (Å²) >= 11 is 0. The number of carbonyl (C=O) groups is 1. The first-order valence-electron chi connectivity index (χ1n) is 5.36. The molecule has 0 atom stereocenters. The smallest absolute Gasteiger partial charge is 0.136 e. The van der Waals surface area contributed by atoms with E-state index in [0.717, 1.165) is 6.42 Å². The summed E-state index contributed by atoms with van der Waals surface area (Å²) in [5, 5.41) is 0. The predicted molar refractivity (Wildman–Crippen MR) is 60.2 cm³/mol. The summed E-state index contributed by atoms with van der Waals surface area (Å²) in [6.45, 7) is 8.48. The van der Waals surface area contributed by atoms with Crippen molar-refractivity contribution in [3.05, 3.63) is 23.3 Å². The highest BCUT2D eigenvalue weighted by Crippen LogP contribution is 2.38. The molecule has 1 rings (SSSR count). The van der Waals surface area contributed by atoms with Crippen molar-refractivity contribution in [1.29, 1.82) is 0 Å². The SMILES string of the molecule is CCC(=O)CC1=C(C)C=CCC1(C)C. The summed E-state index contributed by atoms with van der Waals surface area (Å²) in [6, 6.07) is 0. The van der Waals surface area contributed by atoms with Gasteiger partial charge in [0.2, 0.25) is 0 Å². The number of rotatable bonds is 3. The maximum absolute atomic E-state index is 11.5. The Bertz CT molecular complexity index is 292. The zero-order chi connectivity index (χ0) is 10.8. The van der Waals surface area contributed by atoms with Crippen molar-refractivity contribution in [1.82, 2.24) is 0 Å². The summed E-state index contributed by atoms with van der Waals surface area (Å²) in [7, 11) is 0. The summed E-state index contributed by atoms with van der Waals surface area (Å²) < 4.78 is 0. The van der Waals surface area contributed by atoms with Gasteiger partial charge < -0.3 is 0 Å². The number of ketones is 1. The Balaban J connectivity index is 2.90. The van der Waals surface area contributed by atoms with E-state index in [4.69, 9.17) is 0 Å². The summed E-state index contributed by atoms with van der Waals surface area (Å²) in [5.41, 5.74) is 2.78. The van der Waals surface area contributed by atoms with Crippen LogP contribution in [0.3, 0.4) is 0 Å². The maximum atomic E-state index is 11.5. The largest absolute Gasteiger partial charge is 0.299 e. The fraction of sp³-hybridized carbons (Fsp3) is 0.615. The van der Waals surface area contributed by atoms with Gasteiger partial charge in [-0.1, -0.05) is 44.1 Å². The zero-order valence-corrected chi connectivity index (χ0v) is 9.68. The van der Waals surface area contributed by atoms with Crippen LogP contribution in [0.5, 0.6) is 0 Å². The van der Waals surface area contributed by atoms with Crippen molar-refractivity contribution in [3.8, 4) is 0 Å². The van der Waals surface area contributed by atoms with Crippen molar-refractivity contribution in [2.75, 3.05) is 0 Å². The van der Waals surface area contributed by atoms with Gasteiger partial charge in [-0.2, -0.15) is 0 Å². The Labute approximate surface area is 86.9 Å². The first-order valence-corrected chi connectivity index (χ1v) is 5.36. The number of Topliss-reactive ketones (excluding diaryl/α,β-unsaturated/α-hetero) is 1. The molecule has 0 heterocycles. The second-order valence-corrected chi connectivity index (χ2v) is 4.72. The van der Waals surface area contributed by atoms with Gasteiger partial charge in [-0.25, -0.2) is 0 Å². The molecule has 0 aromatic carbocycles. The van der Waals surface area contributed by atoms with Crippen LogP contribution in [0.2, 0.25) is 0 Å². The van der Waals surface area contributed by atoms with Gasteiger partial charge in [-0.05, 0) is 18.8 Å². The van der Waals surface area contributed by atoms with Gasteiger partial charge in [0, 0.05) is 12.8 Å². The highest BCUT2D eigenvalue weighted by Gasteiger charge is 2.26. The van der Waals surface area contributed by atoms with Crippen LogP contribution in [-0.4, -0.2) is 5.78 Å². The van der Waals surface area contributed by atoms with Crippen LogP contribution >= 0.6 is 0 Å². The van der Waals surface area contributed by atoms with E-state index >= 15 is 0 Å². The number of hydrogen-bond acceptors (Lipinski definition) is 1. The lowest BCUT2D eigenvalue weighted by Crippen LogP contribution is -2.20. The molecule has 0 bridgehead atoms. The molecular weight excluding hydrogens is 172 g/mol. The Morgan fingerprint density at radius 1 is 1.50 bits per heavy atom. The highest BCUT2D eigenvalue weighted by atomic mass is 16.1. The van der Waals surface area contributed by atoms with Crippen LogP contribution in [-0.2, 0) is 4.79 Å². The van der Waals surface area contributed by atoms with E-state index in [1.165, 1.54) is 11.1 Å². The lowest BCUT2D eigenvalue weighted by Gasteiger charge is -2.31. The third kappa shape index (κ3) is 2.34. The molecular formula is C13H20O. The van der Waals surface area contributed by atoms with Gasteiger partial charge in [0.1, 0.15) is 5.78 Å². The molecule has 0 aromatic rings. The molecule has 0 amide bonds. The second kappa shape index (κ2) is 4.12. The quantitative estimate of drug-likeness (QED) is 0.667. The summed E-state index contributed by atoms with van der Waals surface area (Å²) in [5.74, 6) is 0.350. The van der Waals surface area contributed by atoms with Crippen molar-refractivity contribution >= 4 is 5.78 Å². The van der Waals surface area contributed by atoms with E-state index < -0.39 is 0 Å². The standard InChI is InChI=1S/C13H20O/c1-5-11(14)9-12-10(2)7-6-8-13(12,3)4/h6-7H,5,8-9H2,1-4H3. The molecule has 1 aliphatic carbocycles. The van der Waals surface area contributed by atoms with Gasteiger partial charge >= 0.3 is 0 Å². The van der Waals surface area contributed by atoms with E-state index in [9.17, 15) is 4.79 Å². The van der Waals surface area contributed by atoms with Crippen molar-refractivity contribution in [2.45, 2.75) is 47.0 Å². The fourth-order valence-corrected chi connectivity index (χ4v) is 1.99. The minimum absolute atomic E-state index is 0.170. The average molecular weight is 192 g/mol. The van der Waals surface area contributed by atoms with Crippen LogP contribution < -0.4 is 0 Å². The normalized spacial score (nSPS) is 20.0. The van der Waals surface area contributed by atoms with Crippen LogP contribution in [0.15, 0.2) is 23.3 Å². The summed E-state index contributed by atoms with van der Waals surface area (Å²) in [4.78, 5) is 11.5. The monoisotopic (exact) mass is 192 g/mol. The zero-order valence-electron chi connectivity index (χ0n) is 9.68. The minimum atomic E-state index is 0.170. The van der Waals surface area contributed by atoms with Crippen molar-refractivity contribution < 1.29 is 4.79 Å². The molecule has 1 nitrogen and oxygen atoms in total. The number of carbonyl (C=O) groups excluding carboxylic acids is 1. The molecule has 78 valence electrons. The van der Waals surface area contributed by atoms with Gasteiger partial charge in [-0.15, -0.1) is 0 Å². The number of hydrogen-bond donors (Lipinski definition) is 0. The van der Waals surface area contributed by atoms with E-state index in [2.05, 4.69) is 32.9 Å². The fourth-order valence-electron chi connectivity index (χ4n) is 1.99. The van der Waals surface area contributed by atoms with Gasteiger partial charge in [0.25, 0.3) is 0 Å². The number of allylic oxidation sites excluding steroid dienone is 4. The van der Waals surface area contributed by atoms with Crippen LogP contribution in [0.1, 0.15) is 47.0 Å². The second-order valence-electron chi connectivity index (χ2n) is 4.72. The Kier molecular flexibility index (Phi) is 3.30. The molecule has 0 aliphatic heterocycles. The molecule has 0 unspecified atom stereocenters. The first kappa shape index (κ1) is 11.2. The molecule has 0 N–H and O–H groups in total. The van der Waals surface area contributed by atoms with Crippen molar-refractivity contribution in [3.63, 3.8) is 0 Å². The van der Waals surface area contributed by atoms with Gasteiger partial charge in [-0.3, -0.25) is 4.79 Å². The lowest BCUT2D eigenvalue weighted by atomic mass is 9.74. The van der Waals surface area contributed by atoms with Crippen LogP contribution in [0, 0.1) is 5.41 Å². The molecule has 1 heteroatoms. The lowest BCUT2D eigenvalue weighted by molar-refractivity contribution is -0.118. The molecule has 0 saturated carbocycles. The maximum Gasteiger partial charge on any atom is 0.136 e. The topological polar surface area (TPSA) is 17.1 Å². The molecule has 1 aliphatic rings. The van der Waals surface area contributed by atoms with Gasteiger partial charge in [0.15, 0.2) is 0 Å². The molecule has 0 saturated heterocycles. The summed E-state index contributed by atoms with van der Waals surface area (Å²) in [6.07, 6.45) is 6.69. The third-order valence-electron chi connectivity index (χ3n) is 3.06. The van der Waals surface area contributed by atoms with Crippen LogP contribution in [0.25, 0.3) is 0 Å². The van der Waals surface area contributed by atoms with E-state index in [1.54, 1.807) is 0 Å². The Morgan fingerprint density at radius 2 is 2.14 bits per heavy atom. The van der Waals surface area contributed by atoms with E-state index in [0.29, 0.717) is 18.6 Å². The predicted octanol–water partition coefficient (Wildman–Crippen LogP) is 3.66. The van der Waals surface area contributed by atoms with E-state index in [1.807, 2.05) is 6.92 Å². The third-order valence-corrected chi connectivity index (χ3v) is 3.06. The Morgan fingerprint density at radius 3 is 2.64 bits per heavy atom. The molecule has 0 spiro atoms. The van der Waals surface area contributed by atoms with Gasteiger partial charge in [0.05, 0.1) is 0 Å².